The van der Waals surface area contributed by atoms with Crippen LogP contribution in [0.25, 0.3) is 0 Å². The summed E-state index contributed by atoms with van der Waals surface area (Å²) in [6.07, 6.45) is 11.0. The van der Waals surface area contributed by atoms with Crippen LogP contribution >= 0.6 is 0 Å². The summed E-state index contributed by atoms with van der Waals surface area (Å²) < 4.78 is 5.38. The number of nitrogens with one attached hydrogen (secondary N) is 1. The van der Waals surface area contributed by atoms with Gasteiger partial charge in [0.25, 0.3) is 0 Å². The average molecular weight is 243 g/mol. The zero-order valence-corrected chi connectivity index (χ0v) is 11.0. The van der Waals surface area contributed by atoms with Crippen molar-refractivity contribution in [1.82, 2.24) is 0 Å². The zero-order valence-electron chi connectivity index (χ0n) is 11.0. The Bertz CT molecular complexity index is 433. The summed E-state index contributed by atoms with van der Waals surface area (Å²) in [4.78, 5) is 0. The Kier molecular flexibility index (Phi) is 4.52. The first-order chi connectivity index (χ1) is 8.85. The molecule has 1 aromatic carbocycles. The minimum absolute atomic E-state index is 0.724. The Morgan fingerprint density at radius 2 is 2.33 bits per heavy atom. The second-order valence-electron chi connectivity index (χ2n) is 4.90. The first-order valence-electron chi connectivity index (χ1n) is 6.68. The summed E-state index contributed by atoms with van der Waals surface area (Å²) in [6, 6.07) is 6.28. The molecule has 2 rings (SSSR count). The number of benzene rings is 1. The van der Waals surface area contributed by atoms with Crippen LogP contribution in [0.4, 0.5) is 5.69 Å². The quantitative estimate of drug-likeness (QED) is 0.631. The number of anilines is 1. The summed E-state index contributed by atoms with van der Waals surface area (Å²) in [5.74, 6) is 4.39. The van der Waals surface area contributed by atoms with E-state index in [-0.39, 0.29) is 0 Å². The normalized spacial score (nSPS) is 17.4. The number of hydrogen-bond acceptors (Lipinski definition) is 2. The van der Waals surface area contributed by atoms with Gasteiger partial charge in [0.15, 0.2) is 0 Å². The first-order valence-corrected chi connectivity index (χ1v) is 6.68. The van der Waals surface area contributed by atoms with Gasteiger partial charge in [-0.2, -0.15) is 0 Å². The van der Waals surface area contributed by atoms with Crippen molar-refractivity contribution in [2.45, 2.75) is 32.1 Å². The summed E-state index contributed by atoms with van der Waals surface area (Å²) in [5, 5.41) is 3.51. The molecule has 0 aromatic heterocycles. The Labute approximate surface area is 110 Å². The van der Waals surface area contributed by atoms with Crippen LogP contribution in [0.15, 0.2) is 18.2 Å². The molecule has 1 heterocycles. The van der Waals surface area contributed by atoms with Crippen molar-refractivity contribution in [1.29, 1.82) is 0 Å². The smallest absolute Gasteiger partial charge is 0.142 e. The van der Waals surface area contributed by atoms with Gasteiger partial charge in [0.1, 0.15) is 5.75 Å². The molecule has 0 bridgehead atoms. The van der Waals surface area contributed by atoms with Crippen molar-refractivity contribution in [3.8, 4) is 18.1 Å². The summed E-state index contributed by atoms with van der Waals surface area (Å²) >= 11 is 0. The van der Waals surface area contributed by atoms with Gasteiger partial charge in [-0.3, -0.25) is 0 Å². The third kappa shape index (κ3) is 2.98. The molecule has 0 fully saturated rings. The van der Waals surface area contributed by atoms with E-state index in [9.17, 15) is 0 Å². The second-order valence-corrected chi connectivity index (χ2v) is 4.90. The lowest BCUT2D eigenvalue weighted by Gasteiger charge is -2.27. The van der Waals surface area contributed by atoms with E-state index in [1.807, 2.05) is 6.07 Å². The minimum atomic E-state index is 0.724. The van der Waals surface area contributed by atoms with E-state index in [4.69, 9.17) is 11.2 Å². The predicted molar refractivity (Wildman–Crippen MR) is 76.0 cm³/mol. The van der Waals surface area contributed by atoms with Gasteiger partial charge >= 0.3 is 0 Å². The van der Waals surface area contributed by atoms with E-state index in [0.717, 1.165) is 37.5 Å². The molecule has 1 aliphatic rings. The van der Waals surface area contributed by atoms with Crippen LogP contribution in [-0.2, 0) is 6.42 Å². The number of unbranched alkanes of at least 4 members (excludes halogenated alkanes) is 2. The molecule has 1 unspecified atom stereocenters. The van der Waals surface area contributed by atoms with Crippen LogP contribution < -0.4 is 10.1 Å². The number of fused-ring (bicyclic) bond motifs is 1. The summed E-state index contributed by atoms with van der Waals surface area (Å²) in [6.45, 7) is 1.05. The van der Waals surface area contributed by atoms with Crippen molar-refractivity contribution < 1.29 is 4.74 Å². The van der Waals surface area contributed by atoms with Crippen LogP contribution in [0, 0.1) is 18.3 Å². The van der Waals surface area contributed by atoms with E-state index in [1.54, 1.807) is 7.11 Å². The SMILES string of the molecule is C#CCCCCC1CNc2c(cccc2OC)C1. The largest absolute Gasteiger partial charge is 0.495 e. The van der Waals surface area contributed by atoms with Crippen LogP contribution in [0.1, 0.15) is 31.2 Å². The first kappa shape index (κ1) is 12.8. The van der Waals surface area contributed by atoms with E-state index in [1.165, 1.54) is 24.1 Å². The maximum Gasteiger partial charge on any atom is 0.142 e. The topological polar surface area (TPSA) is 21.3 Å². The number of hydrogen-bond donors (Lipinski definition) is 1. The molecule has 0 spiro atoms. The van der Waals surface area contributed by atoms with Crippen molar-refractivity contribution in [3.63, 3.8) is 0 Å². The van der Waals surface area contributed by atoms with Crippen molar-refractivity contribution in [2.75, 3.05) is 19.0 Å². The highest BCUT2D eigenvalue weighted by atomic mass is 16.5. The maximum atomic E-state index is 5.38. The van der Waals surface area contributed by atoms with Crippen molar-refractivity contribution in [2.24, 2.45) is 5.92 Å². The fourth-order valence-corrected chi connectivity index (χ4v) is 2.61. The molecule has 1 aromatic rings. The lowest BCUT2D eigenvalue weighted by Crippen LogP contribution is -2.23. The molecule has 96 valence electrons. The van der Waals surface area contributed by atoms with E-state index >= 15 is 0 Å². The van der Waals surface area contributed by atoms with Crippen LogP contribution in [-0.4, -0.2) is 13.7 Å². The Hall–Kier alpha value is -1.62. The fourth-order valence-electron chi connectivity index (χ4n) is 2.61. The predicted octanol–water partition coefficient (Wildman–Crippen LogP) is 3.47. The Morgan fingerprint density at radius 3 is 3.11 bits per heavy atom. The molecule has 1 N–H and O–H groups in total. The van der Waals surface area contributed by atoms with Crippen molar-refractivity contribution in [3.05, 3.63) is 23.8 Å². The molecule has 1 atom stereocenters. The van der Waals surface area contributed by atoms with Crippen molar-refractivity contribution >= 4 is 5.69 Å². The molecular weight excluding hydrogens is 222 g/mol. The molecular formula is C16H21NO. The van der Waals surface area contributed by atoms with Gasteiger partial charge in [0.05, 0.1) is 12.8 Å². The van der Waals surface area contributed by atoms with Gasteiger partial charge in [-0.15, -0.1) is 12.3 Å². The molecule has 18 heavy (non-hydrogen) atoms. The monoisotopic (exact) mass is 243 g/mol. The van der Waals surface area contributed by atoms with Gasteiger partial charge in [0.2, 0.25) is 0 Å². The highest BCUT2D eigenvalue weighted by Crippen LogP contribution is 2.34. The molecule has 1 aliphatic heterocycles. The average Bonchev–Trinajstić information content (AvgIpc) is 2.42. The Balaban J connectivity index is 1.92. The molecule has 0 aliphatic carbocycles. The highest BCUT2D eigenvalue weighted by Gasteiger charge is 2.20. The van der Waals surface area contributed by atoms with Gasteiger partial charge in [-0.05, 0) is 36.8 Å². The fraction of sp³-hybridized carbons (Fsp3) is 0.500. The van der Waals surface area contributed by atoms with Crippen LogP contribution in [0.5, 0.6) is 5.75 Å². The summed E-state index contributed by atoms with van der Waals surface area (Å²) in [5.41, 5.74) is 2.56. The number of ether oxygens (including phenoxy) is 1. The van der Waals surface area contributed by atoms with Gasteiger partial charge in [0, 0.05) is 13.0 Å². The van der Waals surface area contributed by atoms with E-state index < -0.39 is 0 Å². The molecule has 0 saturated carbocycles. The van der Waals surface area contributed by atoms with Gasteiger partial charge in [-0.1, -0.05) is 18.6 Å². The second kappa shape index (κ2) is 6.35. The molecule has 0 amide bonds. The lowest BCUT2D eigenvalue weighted by atomic mass is 9.89. The summed E-state index contributed by atoms with van der Waals surface area (Å²) in [7, 11) is 1.73. The zero-order chi connectivity index (χ0) is 12.8. The maximum absolute atomic E-state index is 5.38. The number of methoxy groups -OCH3 is 1. The standard InChI is InChI=1S/C16H21NO/c1-3-4-5-6-8-13-11-14-9-7-10-15(18-2)16(14)17-12-13/h1,7,9-10,13,17H,4-6,8,11-12H2,2H3. The van der Waals surface area contributed by atoms with Gasteiger partial charge in [-0.25, -0.2) is 0 Å². The number of rotatable bonds is 5. The number of terminal acetylenes is 1. The van der Waals surface area contributed by atoms with E-state index in [2.05, 4.69) is 23.4 Å². The van der Waals surface area contributed by atoms with Crippen LogP contribution in [0.2, 0.25) is 0 Å². The molecule has 2 nitrogen and oxygen atoms in total. The lowest BCUT2D eigenvalue weighted by molar-refractivity contribution is 0.410. The minimum Gasteiger partial charge on any atom is -0.495 e. The number of para-hydroxylation sites is 1. The molecule has 0 radical (unpaired) electrons. The highest BCUT2D eigenvalue weighted by molar-refractivity contribution is 5.63. The third-order valence-electron chi connectivity index (χ3n) is 3.59. The third-order valence-corrected chi connectivity index (χ3v) is 3.59. The van der Waals surface area contributed by atoms with E-state index in [0.29, 0.717) is 0 Å². The Morgan fingerprint density at radius 1 is 1.44 bits per heavy atom. The molecule has 2 heteroatoms. The van der Waals surface area contributed by atoms with Crippen LogP contribution in [0.3, 0.4) is 0 Å². The molecule has 0 saturated heterocycles. The van der Waals surface area contributed by atoms with Gasteiger partial charge < -0.3 is 10.1 Å².